The minimum absolute atomic E-state index is 0.0312. The highest BCUT2D eigenvalue weighted by atomic mass is 31.2. The van der Waals surface area contributed by atoms with Gasteiger partial charge in [0.05, 0.1) is 6.16 Å². The molecule has 1 atom stereocenters. The molecule has 0 aromatic rings. The van der Waals surface area contributed by atoms with Crippen LogP contribution in [0.15, 0.2) is 0 Å². The standard InChI is InChI=1S/C4H10FO2P/c1-3-4-8(5,6)7-2/h3-4H2,1-2H3. The van der Waals surface area contributed by atoms with Crippen LogP contribution in [0.25, 0.3) is 0 Å². The van der Waals surface area contributed by atoms with E-state index in [9.17, 15) is 8.76 Å². The average Bonchev–Trinajstić information content (AvgIpc) is 1.67. The van der Waals surface area contributed by atoms with E-state index in [2.05, 4.69) is 4.52 Å². The fourth-order valence-electron chi connectivity index (χ4n) is 0.358. The van der Waals surface area contributed by atoms with Crippen molar-refractivity contribution in [2.45, 2.75) is 13.3 Å². The molecule has 0 rings (SSSR count). The van der Waals surface area contributed by atoms with Crippen molar-refractivity contribution in [2.75, 3.05) is 13.3 Å². The van der Waals surface area contributed by atoms with Gasteiger partial charge in [-0.1, -0.05) is 6.92 Å². The van der Waals surface area contributed by atoms with Crippen LogP contribution < -0.4 is 0 Å². The number of rotatable bonds is 3. The van der Waals surface area contributed by atoms with Crippen LogP contribution in [0.1, 0.15) is 13.3 Å². The smallest absolute Gasteiger partial charge is 0.309 e. The number of hydrogen-bond acceptors (Lipinski definition) is 2. The SMILES string of the molecule is CCCP(=O)(F)OC. The molecule has 4 heteroatoms. The Hall–Kier alpha value is 0.120. The molecule has 0 aliphatic rings. The summed E-state index contributed by atoms with van der Waals surface area (Å²) in [6.07, 6.45) is 0.588. The molecule has 0 spiro atoms. The van der Waals surface area contributed by atoms with E-state index in [0.717, 1.165) is 7.11 Å². The molecule has 0 radical (unpaired) electrons. The maximum Gasteiger partial charge on any atom is 0.367 e. The molecule has 0 N–H and O–H groups in total. The van der Waals surface area contributed by atoms with Crippen LogP contribution in [0, 0.1) is 0 Å². The third-order valence-corrected chi connectivity index (χ3v) is 2.29. The Bertz CT molecular complexity index is 104. The van der Waals surface area contributed by atoms with Gasteiger partial charge in [0.25, 0.3) is 0 Å². The second kappa shape index (κ2) is 3.21. The molecule has 0 aromatic heterocycles. The molecule has 0 aliphatic heterocycles. The summed E-state index contributed by atoms with van der Waals surface area (Å²) in [7, 11) is -2.55. The lowest BCUT2D eigenvalue weighted by Crippen LogP contribution is -1.82. The molecule has 0 saturated heterocycles. The van der Waals surface area contributed by atoms with Gasteiger partial charge in [0.15, 0.2) is 0 Å². The fourth-order valence-corrected chi connectivity index (χ4v) is 1.08. The second-order valence-electron chi connectivity index (χ2n) is 1.50. The molecule has 0 amide bonds. The normalized spacial score (nSPS) is 17.9. The Kier molecular flexibility index (Phi) is 3.25. The zero-order valence-electron chi connectivity index (χ0n) is 5.06. The average molecular weight is 140 g/mol. The van der Waals surface area contributed by atoms with Crippen molar-refractivity contribution in [2.24, 2.45) is 0 Å². The van der Waals surface area contributed by atoms with Crippen molar-refractivity contribution < 1.29 is 13.3 Å². The first-order valence-electron chi connectivity index (χ1n) is 2.47. The van der Waals surface area contributed by atoms with Gasteiger partial charge in [0.2, 0.25) is 0 Å². The van der Waals surface area contributed by atoms with Crippen molar-refractivity contribution in [3.05, 3.63) is 0 Å². The predicted molar refractivity (Wildman–Crippen MR) is 30.9 cm³/mol. The number of hydrogen-bond donors (Lipinski definition) is 0. The zero-order valence-corrected chi connectivity index (χ0v) is 5.95. The predicted octanol–water partition coefficient (Wildman–Crippen LogP) is 2.21. The van der Waals surface area contributed by atoms with Gasteiger partial charge in [-0.25, -0.2) is 0 Å². The topological polar surface area (TPSA) is 26.3 Å². The lowest BCUT2D eigenvalue weighted by molar-refractivity contribution is 0.355. The highest BCUT2D eigenvalue weighted by Crippen LogP contribution is 2.47. The Morgan fingerprint density at radius 2 is 2.25 bits per heavy atom. The quantitative estimate of drug-likeness (QED) is 0.561. The molecular weight excluding hydrogens is 130 g/mol. The summed E-state index contributed by atoms with van der Waals surface area (Å²) in [6.45, 7) is 1.76. The minimum Gasteiger partial charge on any atom is -0.309 e. The van der Waals surface area contributed by atoms with Crippen LogP contribution >= 0.6 is 7.68 Å². The molecule has 2 nitrogen and oxygen atoms in total. The van der Waals surface area contributed by atoms with E-state index in [-0.39, 0.29) is 6.16 Å². The first-order valence-corrected chi connectivity index (χ1v) is 4.17. The first kappa shape index (κ1) is 8.12. The van der Waals surface area contributed by atoms with Gasteiger partial charge < -0.3 is 4.52 Å². The molecule has 0 fully saturated rings. The van der Waals surface area contributed by atoms with Gasteiger partial charge in [-0.15, -0.1) is 0 Å². The molecule has 0 saturated carbocycles. The first-order chi connectivity index (χ1) is 3.62. The van der Waals surface area contributed by atoms with E-state index in [0.29, 0.717) is 6.42 Å². The number of halogens is 1. The Morgan fingerprint density at radius 1 is 1.75 bits per heavy atom. The summed E-state index contributed by atoms with van der Waals surface area (Å²) >= 11 is 0. The maximum atomic E-state index is 12.2. The molecule has 1 unspecified atom stereocenters. The van der Waals surface area contributed by atoms with E-state index in [1.165, 1.54) is 0 Å². The minimum atomic E-state index is -3.67. The zero-order chi connectivity index (χ0) is 6.62. The summed E-state index contributed by atoms with van der Waals surface area (Å²) in [6, 6.07) is 0. The molecule has 50 valence electrons. The highest BCUT2D eigenvalue weighted by Gasteiger charge is 2.16. The molecular formula is C4H10FO2P. The van der Waals surface area contributed by atoms with Crippen molar-refractivity contribution in [3.63, 3.8) is 0 Å². The Labute approximate surface area is 48.6 Å². The summed E-state index contributed by atoms with van der Waals surface area (Å²) in [4.78, 5) is 0. The van der Waals surface area contributed by atoms with Crippen molar-refractivity contribution in [1.29, 1.82) is 0 Å². The van der Waals surface area contributed by atoms with Gasteiger partial charge >= 0.3 is 7.68 Å². The van der Waals surface area contributed by atoms with Crippen LogP contribution in [0.5, 0.6) is 0 Å². The lowest BCUT2D eigenvalue weighted by Gasteiger charge is -2.01. The van der Waals surface area contributed by atoms with Crippen molar-refractivity contribution >= 4 is 7.68 Å². The Morgan fingerprint density at radius 3 is 2.38 bits per heavy atom. The molecule has 8 heavy (non-hydrogen) atoms. The van der Waals surface area contributed by atoms with E-state index >= 15 is 0 Å². The molecule has 0 aliphatic carbocycles. The largest absolute Gasteiger partial charge is 0.367 e. The monoisotopic (exact) mass is 140 g/mol. The third kappa shape index (κ3) is 3.16. The fraction of sp³-hybridized carbons (Fsp3) is 1.00. The van der Waals surface area contributed by atoms with Crippen LogP contribution in [0.4, 0.5) is 4.20 Å². The van der Waals surface area contributed by atoms with Crippen LogP contribution in [-0.4, -0.2) is 13.3 Å². The van der Waals surface area contributed by atoms with Gasteiger partial charge in [-0.3, -0.25) is 4.57 Å². The van der Waals surface area contributed by atoms with Crippen LogP contribution in [0.2, 0.25) is 0 Å². The summed E-state index contributed by atoms with van der Waals surface area (Å²) in [5, 5.41) is 0. The third-order valence-electron chi connectivity index (χ3n) is 0.763. The van der Waals surface area contributed by atoms with Crippen molar-refractivity contribution in [1.82, 2.24) is 0 Å². The Balaban J connectivity index is 3.55. The molecule has 0 bridgehead atoms. The van der Waals surface area contributed by atoms with Gasteiger partial charge in [0.1, 0.15) is 0 Å². The van der Waals surface area contributed by atoms with Gasteiger partial charge in [0, 0.05) is 7.11 Å². The van der Waals surface area contributed by atoms with Gasteiger partial charge in [-0.05, 0) is 6.42 Å². The van der Waals surface area contributed by atoms with Crippen molar-refractivity contribution in [3.8, 4) is 0 Å². The van der Waals surface area contributed by atoms with Crippen LogP contribution in [-0.2, 0) is 9.09 Å². The second-order valence-corrected chi connectivity index (χ2v) is 3.49. The van der Waals surface area contributed by atoms with E-state index in [4.69, 9.17) is 0 Å². The molecule has 0 heterocycles. The summed E-state index contributed by atoms with van der Waals surface area (Å²) in [5.41, 5.74) is 0. The van der Waals surface area contributed by atoms with E-state index in [1.807, 2.05) is 0 Å². The van der Waals surface area contributed by atoms with Gasteiger partial charge in [-0.2, -0.15) is 4.20 Å². The molecule has 0 aromatic carbocycles. The van der Waals surface area contributed by atoms with Crippen LogP contribution in [0.3, 0.4) is 0 Å². The summed E-state index contributed by atoms with van der Waals surface area (Å²) in [5.74, 6) is 0. The lowest BCUT2D eigenvalue weighted by atomic mass is 10.6. The van der Waals surface area contributed by atoms with E-state index < -0.39 is 7.68 Å². The van der Waals surface area contributed by atoms with E-state index in [1.54, 1.807) is 6.92 Å². The maximum absolute atomic E-state index is 12.2. The highest BCUT2D eigenvalue weighted by molar-refractivity contribution is 7.53. The summed E-state index contributed by atoms with van der Waals surface area (Å²) < 4.78 is 26.5.